The molecule has 2 aromatic rings. The van der Waals surface area contributed by atoms with Gasteiger partial charge in [0.1, 0.15) is 18.0 Å². The Hall–Kier alpha value is -3.26. The number of benzene rings is 2. The van der Waals surface area contributed by atoms with E-state index in [2.05, 4.69) is 10.0 Å². The monoisotopic (exact) mass is 355 g/mol. The molecular formula is C18H17N3O5. The second-order valence-electron chi connectivity index (χ2n) is 5.76. The molecule has 0 bridgehead atoms. The third-order valence-corrected chi connectivity index (χ3v) is 4.46. The van der Waals surface area contributed by atoms with Gasteiger partial charge in [-0.15, -0.1) is 4.91 Å². The first-order valence-electron chi connectivity index (χ1n) is 7.90. The van der Waals surface area contributed by atoms with Crippen molar-refractivity contribution < 1.29 is 19.2 Å². The largest absolute Gasteiger partial charge is 0.493 e. The molecule has 26 heavy (non-hydrogen) atoms. The number of aldehydes is 1. The fourth-order valence-electron chi connectivity index (χ4n) is 3.18. The molecule has 0 aromatic heterocycles. The number of ether oxygens (including phenoxy) is 1. The van der Waals surface area contributed by atoms with E-state index in [0.717, 1.165) is 17.4 Å². The summed E-state index contributed by atoms with van der Waals surface area (Å²) < 4.78 is 5.13. The van der Waals surface area contributed by atoms with E-state index in [4.69, 9.17) is 10.6 Å². The molecule has 8 nitrogen and oxygen atoms in total. The number of carbonyl (C=O) groups excluding carboxylic acids is 2. The van der Waals surface area contributed by atoms with Crippen molar-refractivity contribution in [1.29, 1.82) is 0 Å². The lowest BCUT2D eigenvalue weighted by molar-refractivity contribution is -0.112. The number of carbonyl (C=O) groups is 2. The molecule has 0 fully saturated rings. The summed E-state index contributed by atoms with van der Waals surface area (Å²) in [6, 6.07) is 9.29. The molecule has 8 heteroatoms. The normalized spacial score (nSPS) is 15.8. The lowest BCUT2D eigenvalue weighted by atomic mass is 9.92. The van der Waals surface area contributed by atoms with Crippen molar-refractivity contribution in [2.24, 2.45) is 11.1 Å². The predicted molar refractivity (Wildman–Crippen MR) is 93.3 cm³/mol. The first kappa shape index (κ1) is 17.6. The number of hydrogen-bond acceptors (Lipinski definition) is 7. The Kier molecular flexibility index (Phi) is 4.94. The quantitative estimate of drug-likeness (QED) is 0.500. The summed E-state index contributed by atoms with van der Waals surface area (Å²) in [5.41, 5.74) is 1.67. The molecule has 2 aromatic carbocycles. The van der Waals surface area contributed by atoms with Crippen LogP contribution in [0.25, 0.3) is 0 Å². The summed E-state index contributed by atoms with van der Waals surface area (Å²) >= 11 is 0. The van der Waals surface area contributed by atoms with Gasteiger partial charge in [-0.3, -0.25) is 4.79 Å². The molecule has 2 N–H and O–H groups in total. The van der Waals surface area contributed by atoms with Crippen molar-refractivity contribution in [2.75, 3.05) is 13.7 Å². The van der Waals surface area contributed by atoms with Gasteiger partial charge in [0.25, 0.3) is 5.91 Å². The van der Waals surface area contributed by atoms with Gasteiger partial charge in [-0.2, -0.15) is 5.90 Å². The highest BCUT2D eigenvalue weighted by Gasteiger charge is 2.32. The third-order valence-electron chi connectivity index (χ3n) is 4.46. The highest BCUT2D eigenvalue weighted by Crippen LogP contribution is 2.37. The molecule has 1 heterocycles. The molecule has 134 valence electrons. The van der Waals surface area contributed by atoms with Crippen molar-refractivity contribution in [3.8, 4) is 11.5 Å². The molecule has 1 aliphatic rings. The number of hydrogen-bond donors (Lipinski definition) is 1. The molecule has 3 rings (SSSR count). The van der Waals surface area contributed by atoms with Gasteiger partial charge in [0, 0.05) is 12.6 Å². The van der Waals surface area contributed by atoms with E-state index in [1.54, 1.807) is 0 Å². The van der Waals surface area contributed by atoms with Crippen LogP contribution in [0.4, 0.5) is 5.69 Å². The molecule has 1 aliphatic heterocycles. The van der Waals surface area contributed by atoms with Gasteiger partial charge in [-0.1, -0.05) is 24.3 Å². The van der Waals surface area contributed by atoms with Crippen molar-refractivity contribution in [3.05, 3.63) is 58.0 Å². The summed E-state index contributed by atoms with van der Waals surface area (Å²) in [5.74, 6) is 4.92. The van der Waals surface area contributed by atoms with E-state index in [0.29, 0.717) is 13.0 Å². The molecule has 1 unspecified atom stereocenters. The third kappa shape index (κ3) is 2.91. The van der Waals surface area contributed by atoms with Crippen LogP contribution in [0.2, 0.25) is 0 Å². The van der Waals surface area contributed by atoms with Crippen molar-refractivity contribution in [3.63, 3.8) is 0 Å². The second-order valence-corrected chi connectivity index (χ2v) is 5.76. The molecule has 0 aliphatic carbocycles. The van der Waals surface area contributed by atoms with Gasteiger partial charge >= 0.3 is 0 Å². The van der Waals surface area contributed by atoms with E-state index in [1.165, 1.54) is 24.1 Å². The lowest BCUT2D eigenvalue weighted by Gasteiger charge is -2.34. The van der Waals surface area contributed by atoms with E-state index < -0.39 is 11.9 Å². The number of fused-ring (bicyclic) bond motifs is 1. The minimum absolute atomic E-state index is 0.0175. The van der Waals surface area contributed by atoms with Gasteiger partial charge < -0.3 is 19.3 Å². The number of nitroso groups, excluding NO2 is 1. The van der Waals surface area contributed by atoms with E-state index in [9.17, 15) is 14.5 Å². The van der Waals surface area contributed by atoms with E-state index >= 15 is 0 Å². The Morgan fingerprint density at radius 1 is 1.31 bits per heavy atom. The Morgan fingerprint density at radius 3 is 2.73 bits per heavy atom. The molecule has 0 spiro atoms. The summed E-state index contributed by atoms with van der Waals surface area (Å²) in [7, 11) is 1.38. The van der Waals surface area contributed by atoms with Gasteiger partial charge in [-0.05, 0) is 28.8 Å². The van der Waals surface area contributed by atoms with Gasteiger partial charge in [0.15, 0.2) is 11.5 Å². The zero-order valence-electron chi connectivity index (χ0n) is 14.0. The maximum absolute atomic E-state index is 13.1. The second kappa shape index (κ2) is 7.32. The average Bonchev–Trinajstić information content (AvgIpc) is 2.71. The van der Waals surface area contributed by atoms with Crippen LogP contribution in [0.5, 0.6) is 11.5 Å². The standard InChI is InChI=1S/C18H17N3O5/c1-25-16-8-13(14(20-24)9-17(16)26-19)18(23)21-7-6-11-4-2-3-5-12(11)15(21)10-22/h2-5,8-10,15H,6-7,19H2,1H3. The predicted octanol–water partition coefficient (Wildman–Crippen LogP) is 2.28. The van der Waals surface area contributed by atoms with Gasteiger partial charge in [-0.25, -0.2) is 0 Å². The van der Waals surface area contributed by atoms with Crippen LogP contribution in [-0.2, 0) is 11.2 Å². The Labute approximate surface area is 149 Å². The SMILES string of the molecule is COc1cc(C(=O)N2CCc3ccccc3C2C=O)c(N=O)cc1ON. The number of amides is 1. The van der Waals surface area contributed by atoms with Gasteiger partial charge in [0.05, 0.1) is 12.7 Å². The smallest absolute Gasteiger partial charge is 0.257 e. The minimum Gasteiger partial charge on any atom is -0.493 e. The Morgan fingerprint density at radius 2 is 2.08 bits per heavy atom. The van der Waals surface area contributed by atoms with E-state index in [1.807, 2.05) is 24.3 Å². The molecule has 1 amide bonds. The highest BCUT2D eigenvalue weighted by molar-refractivity contribution is 6.01. The molecule has 0 radical (unpaired) electrons. The average molecular weight is 355 g/mol. The van der Waals surface area contributed by atoms with Crippen LogP contribution >= 0.6 is 0 Å². The Bertz CT molecular complexity index is 868. The van der Waals surface area contributed by atoms with Crippen LogP contribution in [0, 0.1) is 4.91 Å². The summed E-state index contributed by atoms with van der Waals surface area (Å²) in [6.07, 6.45) is 1.33. The fourth-order valence-corrected chi connectivity index (χ4v) is 3.18. The van der Waals surface area contributed by atoms with Crippen molar-refractivity contribution in [2.45, 2.75) is 12.5 Å². The Balaban J connectivity index is 2.04. The van der Waals surface area contributed by atoms with E-state index in [-0.39, 0.29) is 22.7 Å². The number of methoxy groups -OCH3 is 1. The lowest BCUT2D eigenvalue weighted by Crippen LogP contribution is -2.40. The summed E-state index contributed by atoms with van der Waals surface area (Å²) in [6.45, 7) is 0.342. The molecule has 1 atom stereocenters. The minimum atomic E-state index is -0.733. The summed E-state index contributed by atoms with van der Waals surface area (Å²) in [5, 5.41) is 2.89. The topological polar surface area (TPSA) is 111 Å². The fraction of sp³-hybridized carbons (Fsp3) is 0.222. The highest BCUT2D eigenvalue weighted by atomic mass is 16.6. The maximum Gasteiger partial charge on any atom is 0.257 e. The van der Waals surface area contributed by atoms with Gasteiger partial charge in [0.2, 0.25) is 0 Å². The molecule has 0 saturated carbocycles. The molecular weight excluding hydrogens is 338 g/mol. The van der Waals surface area contributed by atoms with Crippen molar-refractivity contribution >= 4 is 17.9 Å². The maximum atomic E-state index is 13.1. The first-order chi connectivity index (χ1) is 12.6. The number of nitrogens with zero attached hydrogens (tertiary/aromatic N) is 2. The van der Waals surface area contributed by atoms with Crippen LogP contribution in [0.1, 0.15) is 27.5 Å². The van der Waals surface area contributed by atoms with Crippen molar-refractivity contribution in [1.82, 2.24) is 4.90 Å². The van der Waals surface area contributed by atoms with Crippen LogP contribution in [0.15, 0.2) is 41.6 Å². The zero-order valence-corrected chi connectivity index (χ0v) is 14.0. The molecule has 0 saturated heterocycles. The van der Waals surface area contributed by atoms with Crippen LogP contribution < -0.4 is 15.5 Å². The number of rotatable bonds is 5. The van der Waals surface area contributed by atoms with Crippen LogP contribution in [-0.4, -0.2) is 30.7 Å². The number of nitrogens with two attached hydrogens (primary N) is 1. The zero-order chi connectivity index (χ0) is 18.7. The first-order valence-corrected chi connectivity index (χ1v) is 7.90. The van der Waals surface area contributed by atoms with Crippen LogP contribution in [0.3, 0.4) is 0 Å². The summed E-state index contributed by atoms with van der Waals surface area (Å²) in [4.78, 5) is 42.0.